The lowest BCUT2D eigenvalue weighted by molar-refractivity contribution is -0.142. The van der Waals surface area contributed by atoms with Crippen molar-refractivity contribution in [2.45, 2.75) is 39.5 Å². The lowest BCUT2D eigenvalue weighted by atomic mass is 10.00. The van der Waals surface area contributed by atoms with E-state index in [0.29, 0.717) is 31.4 Å². The molecule has 92 valence electrons. The molecule has 0 aromatic heterocycles. The van der Waals surface area contributed by atoms with E-state index in [0.717, 1.165) is 6.42 Å². The maximum Gasteiger partial charge on any atom is 0.333 e. The Morgan fingerprint density at radius 3 is 2.44 bits per heavy atom. The number of hydrogen-bond donors (Lipinski definition) is 1. The minimum atomic E-state index is -0.749. The zero-order valence-electron chi connectivity index (χ0n) is 9.99. The molecular weight excluding hydrogens is 208 g/mol. The zero-order valence-corrected chi connectivity index (χ0v) is 9.99. The molecule has 0 radical (unpaired) electrons. The normalized spacial score (nSPS) is 11.9. The molecule has 1 unspecified atom stereocenters. The molecule has 0 rings (SSSR count). The van der Waals surface area contributed by atoms with E-state index >= 15 is 0 Å². The van der Waals surface area contributed by atoms with E-state index in [1.54, 1.807) is 6.92 Å². The van der Waals surface area contributed by atoms with Crippen molar-refractivity contribution in [1.82, 2.24) is 0 Å². The van der Waals surface area contributed by atoms with Crippen LogP contribution in [0.2, 0.25) is 0 Å². The highest BCUT2D eigenvalue weighted by Gasteiger charge is 2.13. The second-order valence-corrected chi connectivity index (χ2v) is 3.86. The smallest absolute Gasteiger partial charge is 0.333 e. The Hall–Kier alpha value is -1.32. The van der Waals surface area contributed by atoms with Gasteiger partial charge >= 0.3 is 11.9 Å². The van der Waals surface area contributed by atoms with Crippen molar-refractivity contribution in [2.75, 3.05) is 6.61 Å². The van der Waals surface area contributed by atoms with Crippen molar-refractivity contribution in [3.05, 3.63) is 12.2 Å². The number of ether oxygens (including phenoxy) is 1. The predicted octanol–water partition coefficient (Wildman–Crippen LogP) is 2.39. The molecule has 0 heterocycles. The van der Waals surface area contributed by atoms with Gasteiger partial charge in [-0.25, -0.2) is 4.79 Å². The van der Waals surface area contributed by atoms with E-state index < -0.39 is 5.97 Å². The predicted molar refractivity (Wildman–Crippen MR) is 61.0 cm³/mol. The van der Waals surface area contributed by atoms with Crippen LogP contribution in [0, 0.1) is 5.92 Å². The van der Waals surface area contributed by atoms with Crippen LogP contribution < -0.4 is 0 Å². The van der Waals surface area contributed by atoms with Gasteiger partial charge in [-0.15, -0.1) is 0 Å². The Kier molecular flexibility index (Phi) is 7.25. The SMILES string of the molecule is C=C(C)C(=O)OCCCCC(CC)C(=O)O. The average molecular weight is 228 g/mol. The molecular formula is C12H20O4. The first-order valence-electron chi connectivity index (χ1n) is 5.54. The highest BCUT2D eigenvalue weighted by atomic mass is 16.5. The average Bonchev–Trinajstić information content (AvgIpc) is 2.22. The Morgan fingerprint density at radius 1 is 1.38 bits per heavy atom. The van der Waals surface area contributed by atoms with Gasteiger partial charge < -0.3 is 9.84 Å². The summed E-state index contributed by atoms with van der Waals surface area (Å²) in [5.74, 6) is -1.41. The molecule has 0 aromatic rings. The first kappa shape index (κ1) is 14.7. The molecule has 1 N–H and O–H groups in total. The molecule has 0 aliphatic rings. The van der Waals surface area contributed by atoms with Gasteiger partial charge in [0.2, 0.25) is 0 Å². The second-order valence-electron chi connectivity index (χ2n) is 3.86. The zero-order chi connectivity index (χ0) is 12.6. The topological polar surface area (TPSA) is 63.6 Å². The summed E-state index contributed by atoms with van der Waals surface area (Å²) in [6, 6.07) is 0. The largest absolute Gasteiger partial charge is 0.481 e. The first-order chi connectivity index (χ1) is 7.49. The summed E-state index contributed by atoms with van der Waals surface area (Å²) in [5.41, 5.74) is 0.386. The Labute approximate surface area is 96.3 Å². The number of rotatable bonds is 8. The lowest BCUT2D eigenvalue weighted by Crippen LogP contribution is -2.13. The third-order valence-corrected chi connectivity index (χ3v) is 2.37. The van der Waals surface area contributed by atoms with E-state index in [1.165, 1.54) is 0 Å². The van der Waals surface area contributed by atoms with Gasteiger partial charge in [0.1, 0.15) is 0 Å². The fourth-order valence-corrected chi connectivity index (χ4v) is 1.28. The van der Waals surface area contributed by atoms with Crippen molar-refractivity contribution in [2.24, 2.45) is 5.92 Å². The van der Waals surface area contributed by atoms with Gasteiger partial charge in [0.25, 0.3) is 0 Å². The van der Waals surface area contributed by atoms with Crippen LogP contribution in [-0.4, -0.2) is 23.7 Å². The van der Waals surface area contributed by atoms with Gasteiger partial charge in [0.15, 0.2) is 0 Å². The van der Waals surface area contributed by atoms with Crippen LogP contribution in [0.1, 0.15) is 39.5 Å². The second kappa shape index (κ2) is 7.91. The van der Waals surface area contributed by atoms with E-state index in [2.05, 4.69) is 6.58 Å². The van der Waals surface area contributed by atoms with E-state index in [9.17, 15) is 9.59 Å². The minimum absolute atomic E-state index is 0.281. The van der Waals surface area contributed by atoms with Crippen molar-refractivity contribution in [3.63, 3.8) is 0 Å². The Bertz CT molecular complexity index is 258. The monoisotopic (exact) mass is 228 g/mol. The standard InChI is InChI=1S/C12H20O4/c1-4-10(11(13)14)7-5-6-8-16-12(15)9(2)3/h10H,2,4-8H2,1,3H3,(H,13,14). The van der Waals surface area contributed by atoms with Crippen LogP contribution in [0.25, 0.3) is 0 Å². The van der Waals surface area contributed by atoms with Gasteiger partial charge in [0.05, 0.1) is 12.5 Å². The van der Waals surface area contributed by atoms with Crippen molar-refractivity contribution in [1.29, 1.82) is 0 Å². The minimum Gasteiger partial charge on any atom is -0.481 e. The molecule has 16 heavy (non-hydrogen) atoms. The fourth-order valence-electron chi connectivity index (χ4n) is 1.28. The molecule has 0 aliphatic carbocycles. The number of carboxylic acids is 1. The van der Waals surface area contributed by atoms with Crippen molar-refractivity contribution < 1.29 is 19.4 Å². The maximum absolute atomic E-state index is 11.0. The molecule has 4 heteroatoms. The number of aliphatic carboxylic acids is 1. The van der Waals surface area contributed by atoms with Crippen LogP contribution >= 0.6 is 0 Å². The summed E-state index contributed by atoms with van der Waals surface area (Å²) in [7, 11) is 0. The molecule has 0 saturated carbocycles. The van der Waals surface area contributed by atoms with Crippen LogP contribution in [0.3, 0.4) is 0 Å². The molecule has 0 aliphatic heterocycles. The highest BCUT2D eigenvalue weighted by molar-refractivity contribution is 5.86. The van der Waals surface area contributed by atoms with Crippen molar-refractivity contribution in [3.8, 4) is 0 Å². The van der Waals surface area contributed by atoms with Gasteiger partial charge in [-0.3, -0.25) is 4.79 Å². The Morgan fingerprint density at radius 2 is 2.00 bits per heavy atom. The van der Waals surface area contributed by atoms with Crippen LogP contribution in [0.4, 0.5) is 0 Å². The van der Waals surface area contributed by atoms with Crippen molar-refractivity contribution >= 4 is 11.9 Å². The molecule has 4 nitrogen and oxygen atoms in total. The summed E-state index contributed by atoms with van der Waals surface area (Å²) < 4.78 is 4.89. The number of carbonyl (C=O) groups excluding carboxylic acids is 1. The van der Waals surface area contributed by atoms with Gasteiger partial charge in [-0.1, -0.05) is 13.5 Å². The number of carbonyl (C=O) groups is 2. The molecule has 0 fully saturated rings. The quantitative estimate of drug-likeness (QED) is 0.393. The first-order valence-corrected chi connectivity index (χ1v) is 5.54. The molecule has 0 amide bonds. The summed E-state index contributed by atoms with van der Waals surface area (Å²) in [4.78, 5) is 21.7. The highest BCUT2D eigenvalue weighted by Crippen LogP contribution is 2.12. The molecule has 0 spiro atoms. The van der Waals surface area contributed by atoms with E-state index in [4.69, 9.17) is 9.84 Å². The maximum atomic E-state index is 11.0. The van der Waals surface area contributed by atoms with Gasteiger partial charge in [-0.05, 0) is 32.6 Å². The third kappa shape index (κ3) is 6.22. The fraction of sp³-hybridized carbons (Fsp3) is 0.667. The van der Waals surface area contributed by atoms with Crippen LogP contribution in [0.15, 0.2) is 12.2 Å². The number of esters is 1. The van der Waals surface area contributed by atoms with E-state index in [-0.39, 0.29) is 11.9 Å². The van der Waals surface area contributed by atoms with Gasteiger partial charge in [0, 0.05) is 5.57 Å². The van der Waals surface area contributed by atoms with E-state index in [1.807, 2.05) is 6.92 Å². The third-order valence-electron chi connectivity index (χ3n) is 2.37. The lowest BCUT2D eigenvalue weighted by Gasteiger charge is -2.09. The summed E-state index contributed by atoms with van der Waals surface area (Å²) in [6.45, 7) is 7.26. The van der Waals surface area contributed by atoms with Crippen LogP contribution in [-0.2, 0) is 14.3 Å². The number of unbranched alkanes of at least 4 members (excludes halogenated alkanes) is 1. The summed E-state index contributed by atoms with van der Waals surface area (Å²) >= 11 is 0. The molecule has 0 aromatic carbocycles. The molecule has 0 saturated heterocycles. The summed E-state index contributed by atoms with van der Waals surface area (Å²) in [5, 5.41) is 8.79. The van der Waals surface area contributed by atoms with Gasteiger partial charge in [-0.2, -0.15) is 0 Å². The molecule has 0 bridgehead atoms. The number of hydrogen-bond acceptors (Lipinski definition) is 3. The summed E-state index contributed by atoms with van der Waals surface area (Å²) in [6.07, 6.45) is 2.73. The van der Waals surface area contributed by atoms with Crippen LogP contribution in [0.5, 0.6) is 0 Å². The molecule has 1 atom stereocenters. The number of carboxylic acid groups (broad SMARTS) is 1. The Balaban J connectivity index is 3.57.